The average Bonchev–Trinajstić information content (AvgIpc) is 3.34. The second-order valence-corrected chi connectivity index (χ2v) is 8.77. The van der Waals surface area contributed by atoms with Crippen molar-refractivity contribution in [3.63, 3.8) is 0 Å². The van der Waals surface area contributed by atoms with Crippen molar-refractivity contribution in [2.75, 3.05) is 13.7 Å². The number of aliphatic hydroxyl groups is 1. The molecule has 36 heavy (non-hydrogen) atoms. The lowest BCUT2D eigenvalue weighted by Gasteiger charge is -2.25. The second-order valence-electron chi connectivity index (χ2n) is 8.77. The number of methoxy groups -OCH3 is 1. The van der Waals surface area contributed by atoms with Crippen molar-refractivity contribution in [2.24, 2.45) is 0 Å². The van der Waals surface area contributed by atoms with Gasteiger partial charge in [0.2, 0.25) is 0 Å². The number of carbonyl (C=O) groups is 2. The Morgan fingerprint density at radius 2 is 1.72 bits per heavy atom. The van der Waals surface area contributed by atoms with E-state index in [9.17, 15) is 14.7 Å². The molecule has 4 aromatic rings. The molecule has 1 atom stereocenters. The molecule has 0 spiro atoms. The molecular formula is C29H25FN2O4. The van der Waals surface area contributed by atoms with Crippen LogP contribution < -0.4 is 4.74 Å². The fraction of sp³-hybridized carbons (Fsp3) is 0.172. The fourth-order valence-corrected chi connectivity index (χ4v) is 4.92. The van der Waals surface area contributed by atoms with Gasteiger partial charge in [0.1, 0.15) is 17.3 Å². The van der Waals surface area contributed by atoms with Crippen LogP contribution in [0.15, 0.2) is 78.4 Å². The van der Waals surface area contributed by atoms with E-state index in [4.69, 9.17) is 4.74 Å². The zero-order valence-corrected chi connectivity index (χ0v) is 19.9. The molecular weight excluding hydrogens is 459 g/mol. The van der Waals surface area contributed by atoms with Crippen molar-refractivity contribution in [1.82, 2.24) is 9.88 Å². The van der Waals surface area contributed by atoms with Gasteiger partial charge in [0.05, 0.1) is 18.7 Å². The lowest BCUT2D eigenvalue weighted by Crippen LogP contribution is -2.32. The molecule has 3 aromatic carbocycles. The van der Waals surface area contributed by atoms with Crippen LogP contribution in [0.1, 0.15) is 28.4 Å². The molecule has 1 unspecified atom stereocenters. The summed E-state index contributed by atoms with van der Waals surface area (Å²) in [6, 6.07) is 19.3. The summed E-state index contributed by atoms with van der Waals surface area (Å²) in [4.78, 5) is 31.2. The average molecular weight is 485 g/mol. The Balaban J connectivity index is 1.58. The number of aromatic amines is 1. The number of hydrogen-bond donors (Lipinski definition) is 2. The molecule has 1 saturated heterocycles. The first kappa shape index (κ1) is 23.4. The van der Waals surface area contributed by atoms with Gasteiger partial charge in [0.25, 0.3) is 11.7 Å². The highest BCUT2D eigenvalue weighted by atomic mass is 19.1. The minimum atomic E-state index is -1.06. The molecule has 1 amide bonds. The predicted molar refractivity (Wildman–Crippen MR) is 135 cm³/mol. The summed E-state index contributed by atoms with van der Waals surface area (Å²) < 4.78 is 20.2. The molecule has 0 saturated carbocycles. The van der Waals surface area contributed by atoms with Crippen molar-refractivity contribution in [2.45, 2.75) is 19.4 Å². The lowest BCUT2D eigenvalue weighted by atomic mass is 9.94. The molecule has 7 heteroatoms. The highest BCUT2D eigenvalue weighted by Gasteiger charge is 2.46. The van der Waals surface area contributed by atoms with Crippen molar-refractivity contribution in [3.05, 3.63) is 107 Å². The number of para-hydroxylation sites is 1. The SMILES string of the molecule is COc1ccc(/C(O)=C2/C(=O)C(=O)N(CCc3c(C)[nH]c4ccccc34)C2c2ccccc2F)cc1. The van der Waals surface area contributed by atoms with Gasteiger partial charge in [-0.3, -0.25) is 9.59 Å². The van der Waals surface area contributed by atoms with Crippen LogP contribution >= 0.6 is 0 Å². The number of Topliss-reactive ketones (excluding diaryl/α,β-unsaturated/α-hetero) is 1. The number of carbonyl (C=O) groups excluding carboxylic acids is 2. The van der Waals surface area contributed by atoms with Crippen molar-refractivity contribution < 1.29 is 23.8 Å². The molecule has 0 aliphatic carbocycles. The fourth-order valence-electron chi connectivity index (χ4n) is 4.92. The number of rotatable bonds is 6. The van der Waals surface area contributed by atoms with E-state index in [0.29, 0.717) is 17.7 Å². The molecule has 1 fully saturated rings. The van der Waals surface area contributed by atoms with Crippen molar-refractivity contribution >= 4 is 28.4 Å². The summed E-state index contributed by atoms with van der Waals surface area (Å²) >= 11 is 0. The number of aryl methyl sites for hydroxylation is 1. The number of halogens is 1. The Morgan fingerprint density at radius 3 is 2.44 bits per heavy atom. The van der Waals surface area contributed by atoms with Crippen LogP contribution in [-0.4, -0.2) is 40.3 Å². The third kappa shape index (κ3) is 3.92. The number of nitrogens with one attached hydrogen (secondary N) is 1. The molecule has 1 aromatic heterocycles. The van der Waals surface area contributed by atoms with E-state index in [1.807, 2.05) is 31.2 Å². The topological polar surface area (TPSA) is 82.6 Å². The standard InChI is InChI=1S/C29H25FN2O4/c1-17-20(21-7-4-6-10-24(21)31-17)15-16-32-26(22-8-3-5-9-23(22)30)25(28(34)29(32)35)27(33)18-11-13-19(36-2)14-12-18/h3-14,26,31,33H,15-16H2,1-2H3/b27-25-. The molecule has 5 rings (SSSR count). The Hall–Kier alpha value is -4.39. The number of H-pyrrole nitrogens is 1. The van der Waals surface area contributed by atoms with Gasteiger partial charge in [-0.1, -0.05) is 36.4 Å². The van der Waals surface area contributed by atoms with Crippen LogP contribution in [0.3, 0.4) is 0 Å². The number of fused-ring (bicyclic) bond motifs is 1. The highest BCUT2D eigenvalue weighted by molar-refractivity contribution is 6.46. The van der Waals surface area contributed by atoms with E-state index >= 15 is 4.39 Å². The maximum absolute atomic E-state index is 15.0. The number of likely N-dealkylation sites (tertiary alicyclic amines) is 1. The van der Waals surface area contributed by atoms with E-state index in [0.717, 1.165) is 22.2 Å². The van der Waals surface area contributed by atoms with Gasteiger partial charge in [0.15, 0.2) is 0 Å². The summed E-state index contributed by atoms with van der Waals surface area (Å²) in [5.41, 5.74) is 3.33. The number of nitrogens with zero attached hydrogens (tertiary/aromatic N) is 1. The minimum Gasteiger partial charge on any atom is -0.507 e. The first-order valence-corrected chi connectivity index (χ1v) is 11.6. The van der Waals surface area contributed by atoms with E-state index in [-0.39, 0.29) is 23.4 Å². The highest BCUT2D eigenvalue weighted by Crippen LogP contribution is 2.40. The van der Waals surface area contributed by atoms with Gasteiger partial charge in [-0.05, 0) is 55.3 Å². The van der Waals surface area contributed by atoms with Crippen LogP contribution in [0.2, 0.25) is 0 Å². The summed E-state index contributed by atoms with van der Waals surface area (Å²) in [6.07, 6.45) is 0.455. The zero-order valence-electron chi connectivity index (χ0n) is 19.9. The van der Waals surface area contributed by atoms with Gasteiger partial charge in [0, 0.05) is 34.3 Å². The van der Waals surface area contributed by atoms with Crippen LogP contribution in [0.5, 0.6) is 5.75 Å². The number of ketones is 1. The van der Waals surface area contributed by atoms with Crippen molar-refractivity contribution in [3.8, 4) is 5.75 Å². The quantitative estimate of drug-likeness (QED) is 0.221. The second kappa shape index (κ2) is 9.34. The lowest BCUT2D eigenvalue weighted by molar-refractivity contribution is -0.139. The molecule has 182 valence electrons. The smallest absolute Gasteiger partial charge is 0.295 e. The number of aliphatic hydroxyl groups excluding tert-OH is 1. The minimum absolute atomic E-state index is 0.133. The molecule has 1 aliphatic heterocycles. The van der Waals surface area contributed by atoms with E-state index in [1.54, 1.807) is 36.4 Å². The number of aromatic nitrogens is 1. The Kier molecular flexibility index (Phi) is 6.06. The zero-order chi connectivity index (χ0) is 25.4. The summed E-state index contributed by atoms with van der Waals surface area (Å²) in [7, 11) is 1.52. The van der Waals surface area contributed by atoms with E-state index in [1.165, 1.54) is 24.1 Å². The third-order valence-corrected chi connectivity index (χ3v) is 6.73. The molecule has 2 heterocycles. The molecule has 2 N–H and O–H groups in total. The van der Waals surface area contributed by atoms with Gasteiger partial charge in [-0.15, -0.1) is 0 Å². The van der Waals surface area contributed by atoms with Crippen LogP contribution in [-0.2, 0) is 16.0 Å². The van der Waals surface area contributed by atoms with Crippen LogP contribution in [0.4, 0.5) is 4.39 Å². The Bertz CT molecular complexity index is 1500. The first-order chi connectivity index (χ1) is 17.4. The monoisotopic (exact) mass is 484 g/mol. The van der Waals surface area contributed by atoms with Gasteiger partial charge in [-0.25, -0.2) is 4.39 Å². The van der Waals surface area contributed by atoms with Crippen molar-refractivity contribution in [1.29, 1.82) is 0 Å². The predicted octanol–water partition coefficient (Wildman–Crippen LogP) is 5.29. The molecule has 0 bridgehead atoms. The van der Waals surface area contributed by atoms with Gasteiger partial charge < -0.3 is 19.7 Å². The summed E-state index contributed by atoms with van der Waals surface area (Å²) in [6.45, 7) is 2.13. The van der Waals surface area contributed by atoms with Crippen LogP contribution in [0.25, 0.3) is 16.7 Å². The van der Waals surface area contributed by atoms with E-state index in [2.05, 4.69) is 4.98 Å². The summed E-state index contributed by atoms with van der Waals surface area (Å²) in [5, 5.41) is 12.2. The molecule has 1 aliphatic rings. The maximum atomic E-state index is 15.0. The van der Waals surface area contributed by atoms with Gasteiger partial charge >= 0.3 is 0 Å². The van der Waals surface area contributed by atoms with E-state index < -0.39 is 23.5 Å². The number of ether oxygens (including phenoxy) is 1. The third-order valence-electron chi connectivity index (χ3n) is 6.73. The number of amides is 1. The number of benzene rings is 3. The maximum Gasteiger partial charge on any atom is 0.295 e. The van der Waals surface area contributed by atoms with Crippen LogP contribution in [0, 0.1) is 12.7 Å². The van der Waals surface area contributed by atoms with Gasteiger partial charge in [-0.2, -0.15) is 0 Å². The molecule has 0 radical (unpaired) electrons. The largest absolute Gasteiger partial charge is 0.507 e. The number of hydrogen-bond acceptors (Lipinski definition) is 4. The Labute approximate surface area is 207 Å². The normalized spacial score (nSPS) is 17.2. The molecule has 6 nitrogen and oxygen atoms in total. The Morgan fingerprint density at radius 1 is 1.03 bits per heavy atom. The first-order valence-electron chi connectivity index (χ1n) is 11.6. The summed E-state index contributed by atoms with van der Waals surface area (Å²) in [5.74, 6) is -1.94.